The third-order valence-electron chi connectivity index (χ3n) is 6.47. The Bertz CT molecular complexity index is 1370. The summed E-state index contributed by atoms with van der Waals surface area (Å²) < 4.78 is 11.7. The van der Waals surface area contributed by atoms with Crippen molar-refractivity contribution in [2.24, 2.45) is 5.41 Å². The number of rotatable bonds is 13. The molecule has 0 saturated carbocycles. The van der Waals surface area contributed by atoms with E-state index < -0.39 is 17.6 Å². The molecule has 3 aromatic rings. The van der Waals surface area contributed by atoms with E-state index in [0.717, 1.165) is 0 Å². The molecule has 0 saturated heterocycles. The van der Waals surface area contributed by atoms with Crippen LogP contribution in [0.25, 0.3) is 0 Å². The van der Waals surface area contributed by atoms with E-state index in [4.69, 9.17) is 15.2 Å². The summed E-state index contributed by atoms with van der Waals surface area (Å²) >= 11 is 0. The number of allylic oxidation sites excluding steroid dienone is 1. The largest absolute Gasteiger partial charge is 0.491 e. The van der Waals surface area contributed by atoms with Gasteiger partial charge >= 0.3 is 6.09 Å². The van der Waals surface area contributed by atoms with Crippen molar-refractivity contribution in [3.05, 3.63) is 96.1 Å². The standard InChI is InChI=1S/C32H37N3O6/c1-22(37)23-15-17-24(18-16-23)34-31(39)41-30(25-10-4-7-13-28(25)40-21-20-36)32(2,3)19-9-8-14-29(38)35-27-12-6-5-11-26(27)33/h4-8,10-18,30,36H,9,19-21,33H2,1-3H3,(H,34,39)(H,35,38)/b14-8+/t30-/m1/s1. The maximum atomic E-state index is 13.0. The Morgan fingerprint density at radius 2 is 1.66 bits per heavy atom. The first kappa shape index (κ1) is 30.9. The van der Waals surface area contributed by atoms with Gasteiger partial charge in [-0.15, -0.1) is 0 Å². The normalized spacial score (nSPS) is 12.0. The predicted molar refractivity (Wildman–Crippen MR) is 160 cm³/mol. The van der Waals surface area contributed by atoms with Crippen LogP contribution in [0.4, 0.5) is 21.9 Å². The van der Waals surface area contributed by atoms with Gasteiger partial charge in [0.15, 0.2) is 5.78 Å². The number of hydrogen-bond donors (Lipinski definition) is 4. The summed E-state index contributed by atoms with van der Waals surface area (Å²) in [5.74, 6) is 0.121. The van der Waals surface area contributed by atoms with E-state index in [2.05, 4.69) is 10.6 Å². The van der Waals surface area contributed by atoms with Crippen molar-refractivity contribution in [2.75, 3.05) is 29.6 Å². The number of para-hydroxylation sites is 3. The molecule has 216 valence electrons. The number of nitrogen functional groups attached to an aromatic ring is 1. The van der Waals surface area contributed by atoms with E-state index in [1.54, 1.807) is 66.7 Å². The number of Topliss-reactive ketones (excluding diaryl/α,β-unsaturated/α-hetero) is 1. The number of aliphatic hydroxyl groups excluding tert-OH is 1. The number of anilines is 3. The zero-order chi connectivity index (χ0) is 29.8. The van der Waals surface area contributed by atoms with Gasteiger partial charge < -0.3 is 25.6 Å². The number of ketones is 1. The second-order valence-corrected chi connectivity index (χ2v) is 10.2. The zero-order valence-electron chi connectivity index (χ0n) is 23.6. The number of carbonyl (C=O) groups is 3. The third-order valence-corrected chi connectivity index (χ3v) is 6.47. The van der Waals surface area contributed by atoms with Gasteiger partial charge in [-0.05, 0) is 68.3 Å². The lowest BCUT2D eigenvalue weighted by molar-refractivity contribution is -0.111. The Morgan fingerprint density at radius 3 is 2.34 bits per heavy atom. The molecular formula is C32H37N3O6. The van der Waals surface area contributed by atoms with Gasteiger partial charge in [0.25, 0.3) is 0 Å². The van der Waals surface area contributed by atoms with Crippen LogP contribution < -0.4 is 21.1 Å². The van der Waals surface area contributed by atoms with Crippen molar-refractivity contribution in [1.82, 2.24) is 0 Å². The molecule has 0 fully saturated rings. The fraction of sp³-hybridized carbons (Fsp3) is 0.281. The van der Waals surface area contributed by atoms with Gasteiger partial charge in [-0.25, -0.2) is 4.79 Å². The van der Waals surface area contributed by atoms with Crippen molar-refractivity contribution in [2.45, 2.75) is 39.7 Å². The summed E-state index contributed by atoms with van der Waals surface area (Å²) in [5.41, 5.74) is 7.98. The van der Waals surface area contributed by atoms with Gasteiger partial charge in [0.05, 0.1) is 18.0 Å². The SMILES string of the molecule is CC(=O)c1ccc(NC(=O)O[C@H](c2ccccc2OCCO)C(C)(C)CC/C=C/C(=O)Nc2ccccc2N)cc1. The minimum Gasteiger partial charge on any atom is -0.491 e. The Balaban J connectivity index is 1.75. The van der Waals surface area contributed by atoms with Crippen LogP contribution >= 0.6 is 0 Å². The van der Waals surface area contributed by atoms with Gasteiger partial charge in [0, 0.05) is 22.2 Å². The number of ether oxygens (including phenoxy) is 2. The Hall–Kier alpha value is -4.63. The number of amides is 2. The summed E-state index contributed by atoms with van der Waals surface area (Å²) in [4.78, 5) is 37.0. The lowest BCUT2D eigenvalue weighted by Crippen LogP contribution is -2.29. The van der Waals surface area contributed by atoms with E-state index in [9.17, 15) is 19.5 Å². The van der Waals surface area contributed by atoms with Gasteiger partial charge in [0.2, 0.25) is 5.91 Å². The predicted octanol–water partition coefficient (Wildman–Crippen LogP) is 6.13. The number of aliphatic hydroxyl groups is 1. The van der Waals surface area contributed by atoms with Crippen LogP contribution in [0.5, 0.6) is 5.75 Å². The molecule has 3 aromatic carbocycles. The highest BCUT2D eigenvalue weighted by molar-refractivity contribution is 6.01. The summed E-state index contributed by atoms with van der Waals surface area (Å²) in [6.45, 7) is 5.33. The molecule has 0 unspecified atom stereocenters. The highest BCUT2D eigenvalue weighted by atomic mass is 16.6. The quantitative estimate of drug-likeness (QED) is 0.112. The molecule has 9 nitrogen and oxygen atoms in total. The van der Waals surface area contributed by atoms with Gasteiger partial charge in [-0.3, -0.25) is 14.9 Å². The molecule has 3 rings (SSSR count). The Labute approximate surface area is 240 Å². The molecule has 0 aliphatic rings. The van der Waals surface area contributed by atoms with Crippen LogP contribution in [0.2, 0.25) is 0 Å². The number of carbonyl (C=O) groups excluding carboxylic acids is 3. The molecule has 0 radical (unpaired) electrons. The Kier molecular flexibility index (Phi) is 11.1. The van der Waals surface area contributed by atoms with Gasteiger partial charge in [-0.1, -0.05) is 50.3 Å². The minimum atomic E-state index is -0.736. The summed E-state index contributed by atoms with van der Waals surface area (Å²) in [5, 5.41) is 14.8. The Morgan fingerprint density at radius 1 is 0.976 bits per heavy atom. The maximum Gasteiger partial charge on any atom is 0.412 e. The van der Waals surface area contributed by atoms with Gasteiger partial charge in [0.1, 0.15) is 18.5 Å². The van der Waals surface area contributed by atoms with Crippen molar-refractivity contribution in [3.8, 4) is 5.75 Å². The lowest BCUT2D eigenvalue weighted by atomic mass is 9.78. The molecule has 0 spiro atoms. The zero-order valence-corrected chi connectivity index (χ0v) is 23.6. The van der Waals surface area contributed by atoms with Crippen molar-refractivity contribution >= 4 is 34.8 Å². The number of hydrogen-bond acceptors (Lipinski definition) is 7. The fourth-order valence-corrected chi connectivity index (χ4v) is 4.23. The summed E-state index contributed by atoms with van der Waals surface area (Å²) in [7, 11) is 0. The number of nitrogens with two attached hydrogens (primary N) is 1. The number of nitrogens with one attached hydrogen (secondary N) is 2. The summed E-state index contributed by atoms with van der Waals surface area (Å²) in [6.07, 6.45) is 2.89. The van der Waals surface area contributed by atoms with Crippen LogP contribution in [-0.4, -0.2) is 36.1 Å². The van der Waals surface area contributed by atoms with E-state index >= 15 is 0 Å². The van der Waals surface area contributed by atoms with Crippen LogP contribution in [-0.2, 0) is 9.53 Å². The molecule has 0 aromatic heterocycles. The van der Waals surface area contributed by atoms with Crippen LogP contribution in [0.1, 0.15) is 55.6 Å². The van der Waals surface area contributed by atoms with Crippen molar-refractivity contribution in [3.63, 3.8) is 0 Å². The number of benzene rings is 3. The smallest absolute Gasteiger partial charge is 0.412 e. The van der Waals surface area contributed by atoms with Gasteiger partial charge in [-0.2, -0.15) is 0 Å². The first-order chi connectivity index (χ1) is 19.6. The third kappa shape index (κ3) is 9.22. The van der Waals surface area contributed by atoms with Crippen LogP contribution in [0.3, 0.4) is 0 Å². The van der Waals surface area contributed by atoms with Crippen LogP contribution in [0, 0.1) is 5.41 Å². The second-order valence-electron chi connectivity index (χ2n) is 10.2. The topological polar surface area (TPSA) is 140 Å². The second kappa shape index (κ2) is 14.7. The molecule has 2 amide bonds. The highest BCUT2D eigenvalue weighted by Crippen LogP contribution is 2.44. The molecule has 41 heavy (non-hydrogen) atoms. The first-order valence-corrected chi connectivity index (χ1v) is 13.3. The monoisotopic (exact) mass is 559 g/mol. The minimum absolute atomic E-state index is 0.0730. The maximum absolute atomic E-state index is 13.0. The van der Waals surface area contributed by atoms with E-state index in [0.29, 0.717) is 46.8 Å². The molecule has 0 heterocycles. The van der Waals surface area contributed by atoms with Crippen molar-refractivity contribution < 1.29 is 29.0 Å². The van der Waals surface area contributed by atoms with E-state index in [1.807, 2.05) is 26.0 Å². The molecule has 1 atom stereocenters. The molecule has 0 bridgehead atoms. The highest BCUT2D eigenvalue weighted by Gasteiger charge is 2.35. The van der Waals surface area contributed by atoms with E-state index in [1.165, 1.54) is 13.0 Å². The molecule has 5 N–H and O–H groups in total. The molecular weight excluding hydrogens is 522 g/mol. The first-order valence-electron chi connectivity index (χ1n) is 13.3. The lowest BCUT2D eigenvalue weighted by Gasteiger charge is -2.35. The molecule has 0 aliphatic heterocycles. The molecule has 9 heteroatoms. The summed E-state index contributed by atoms with van der Waals surface area (Å²) in [6, 6.07) is 20.8. The molecule has 0 aliphatic carbocycles. The van der Waals surface area contributed by atoms with Crippen molar-refractivity contribution in [1.29, 1.82) is 0 Å². The average Bonchev–Trinajstić information content (AvgIpc) is 2.94. The van der Waals surface area contributed by atoms with E-state index in [-0.39, 0.29) is 24.9 Å². The average molecular weight is 560 g/mol. The fourth-order valence-electron chi connectivity index (χ4n) is 4.23. The van der Waals surface area contributed by atoms with Crippen LogP contribution in [0.15, 0.2) is 84.9 Å².